The highest BCUT2D eigenvalue weighted by Gasteiger charge is 2.90. The number of hydrogen-bond donors (Lipinski definition) is 5. The van der Waals surface area contributed by atoms with Gasteiger partial charge in [0.05, 0.1) is 43.0 Å². The number of aliphatic hydroxyl groups is 3. The number of epoxide rings is 1. The summed E-state index contributed by atoms with van der Waals surface area (Å²) in [6, 6.07) is 2.27. The molecule has 2 spiro atoms. The van der Waals surface area contributed by atoms with Crippen LogP contribution in [0.4, 0.5) is 0 Å². The smallest absolute Gasteiger partial charge is 0.339 e. The van der Waals surface area contributed by atoms with Gasteiger partial charge in [0.2, 0.25) is 0 Å². The van der Waals surface area contributed by atoms with E-state index in [1.54, 1.807) is 6.26 Å². The van der Waals surface area contributed by atoms with Crippen molar-refractivity contribution in [2.75, 3.05) is 26.4 Å². The minimum absolute atomic E-state index is 0.00503. The molecule has 8 fully saturated rings. The third kappa shape index (κ3) is 4.44. The Balaban J connectivity index is 1.05. The molecule has 13 atom stereocenters. The molecule has 5 N–H and O–H groups in total. The van der Waals surface area contributed by atoms with E-state index in [2.05, 4.69) is 10.6 Å². The number of ether oxygens (including phenoxy) is 4. The topological polar surface area (TPSA) is 189 Å². The van der Waals surface area contributed by atoms with Crippen LogP contribution in [0.3, 0.4) is 0 Å². The van der Waals surface area contributed by atoms with Crippen molar-refractivity contribution < 1.29 is 53.1 Å². The standard InChI is InChI=1S/C39H54N2O11/c1-35(2)30-29(45)31(46)37(4)26(38(30)17-49-28(44)14-27(38)51-35)9-11-36(3)32(50-34(47)33-39(36,37)52-33)21-10-12-48-25(21)13-22(24(43)16-42)19-5-7-20(8-6-19)23-15-40-18-41-23/h10,12,19-20,22-24,26-27,30-33,40-43,46H,5-9,11,13-18H2,1-4H3. The zero-order chi connectivity index (χ0) is 36.6. The second kappa shape index (κ2) is 11.8. The van der Waals surface area contributed by atoms with Crippen LogP contribution in [0.5, 0.6) is 0 Å². The summed E-state index contributed by atoms with van der Waals surface area (Å²) in [5.74, 6) is -1.29. The number of furan rings is 1. The lowest BCUT2D eigenvalue weighted by Gasteiger charge is -2.66. The van der Waals surface area contributed by atoms with Crippen molar-refractivity contribution >= 4 is 17.7 Å². The molecule has 6 heterocycles. The van der Waals surface area contributed by atoms with E-state index in [0.717, 1.165) is 38.9 Å². The molecule has 0 bridgehead atoms. The molecule has 13 heteroatoms. The van der Waals surface area contributed by atoms with Crippen molar-refractivity contribution in [3.05, 3.63) is 23.7 Å². The summed E-state index contributed by atoms with van der Waals surface area (Å²) in [6.07, 6.45) is 2.22. The molecule has 13 unspecified atom stereocenters. The Kier molecular flexibility index (Phi) is 8.02. The number of carbonyl (C=O) groups is 3. The van der Waals surface area contributed by atoms with Gasteiger partial charge in [-0.1, -0.05) is 13.8 Å². The second-order valence-electron chi connectivity index (χ2n) is 18.3. The normalized spacial score (nSPS) is 48.7. The maximum absolute atomic E-state index is 14.5. The molecular weight excluding hydrogens is 672 g/mol. The Morgan fingerprint density at radius 2 is 1.79 bits per heavy atom. The van der Waals surface area contributed by atoms with Crippen LogP contribution in [-0.4, -0.2) is 101 Å². The number of ketones is 1. The fourth-order valence-electron chi connectivity index (χ4n) is 13.6. The number of cyclic esters (lactones) is 2. The van der Waals surface area contributed by atoms with Gasteiger partial charge in [0.1, 0.15) is 30.2 Å². The first-order chi connectivity index (χ1) is 24.7. The SMILES string of the molecule is CC1(C)OC2CC(=O)OCC23C1C(=O)C(O)C1(C)C3CCC2(C)C(c3ccoc3CC(C(O)CO)C3CCC(C4CNCN4)CC3)OC(=O)C3OC321. The third-order valence-corrected chi connectivity index (χ3v) is 15.9. The number of aliphatic hydroxyl groups excluding tert-OH is 3. The molecule has 3 saturated carbocycles. The maximum Gasteiger partial charge on any atom is 0.339 e. The first-order valence-corrected chi connectivity index (χ1v) is 19.5. The van der Waals surface area contributed by atoms with Gasteiger partial charge in [0, 0.05) is 47.5 Å². The summed E-state index contributed by atoms with van der Waals surface area (Å²) in [5, 5.41) is 40.6. The van der Waals surface area contributed by atoms with Crippen molar-refractivity contribution in [2.24, 2.45) is 45.8 Å². The van der Waals surface area contributed by atoms with Crippen molar-refractivity contribution in [3.63, 3.8) is 0 Å². The average molecular weight is 727 g/mol. The summed E-state index contributed by atoms with van der Waals surface area (Å²) in [7, 11) is 0. The van der Waals surface area contributed by atoms with E-state index in [9.17, 15) is 29.7 Å². The van der Waals surface area contributed by atoms with Crippen LogP contribution in [0.15, 0.2) is 16.7 Å². The lowest BCUT2D eigenvalue weighted by molar-refractivity contribution is -0.252. The molecule has 13 nitrogen and oxygen atoms in total. The van der Waals surface area contributed by atoms with E-state index in [1.165, 1.54) is 0 Å². The molecule has 1 aromatic rings. The van der Waals surface area contributed by atoms with Crippen LogP contribution in [0.1, 0.15) is 90.1 Å². The van der Waals surface area contributed by atoms with Crippen molar-refractivity contribution in [1.29, 1.82) is 0 Å². The van der Waals surface area contributed by atoms with E-state index in [0.29, 0.717) is 42.5 Å². The Morgan fingerprint density at radius 3 is 2.50 bits per heavy atom. The molecule has 52 heavy (non-hydrogen) atoms. The molecule has 5 saturated heterocycles. The Labute approximate surface area is 303 Å². The Hall–Kier alpha value is -2.39. The summed E-state index contributed by atoms with van der Waals surface area (Å²) < 4.78 is 31.3. The molecular formula is C39H54N2O11. The molecule has 0 aromatic carbocycles. The molecule has 1 aromatic heterocycles. The number of Topliss-reactive ketones (excluding diaryl/α,β-unsaturated/α-hetero) is 1. The third-order valence-electron chi connectivity index (χ3n) is 15.9. The van der Waals surface area contributed by atoms with E-state index < -0.39 is 69.9 Å². The van der Waals surface area contributed by atoms with Gasteiger partial charge < -0.3 is 49.3 Å². The van der Waals surface area contributed by atoms with E-state index in [4.69, 9.17) is 23.4 Å². The van der Waals surface area contributed by atoms with Gasteiger partial charge in [-0.3, -0.25) is 9.59 Å². The molecule has 0 amide bonds. The van der Waals surface area contributed by atoms with Gasteiger partial charge >= 0.3 is 11.9 Å². The zero-order valence-corrected chi connectivity index (χ0v) is 30.6. The van der Waals surface area contributed by atoms with Gasteiger partial charge in [0.15, 0.2) is 11.9 Å². The quantitative estimate of drug-likeness (QED) is 0.203. The Bertz CT molecular complexity index is 1630. The van der Waals surface area contributed by atoms with E-state index in [-0.39, 0.29) is 49.1 Å². The zero-order valence-electron chi connectivity index (χ0n) is 30.6. The van der Waals surface area contributed by atoms with Crippen LogP contribution in [-0.2, 0) is 39.8 Å². The second-order valence-corrected chi connectivity index (χ2v) is 18.3. The number of hydrogen-bond acceptors (Lipinski definition) is 13. The van der Waals surface area contributed by atoms with Crippen LogP contribution in [0.2, 0.25) is 0 Å². The molecule has 3 aliphatic carbocycles. The summed E-state index contributed by atoms with van der Waals surface area (Å²) >= 11 is 0. The predicted octanol–water partition coefficient (Wildman–Crippen LogP) is 1.95. The largest absolute Gasteiger partial charge is 0.469 e. The first-order valence-electron chi connectivity index (χ1n) is 19.5. The lowest BCUT2D eigenvalue weighted by atomic mass is 9.36. The van der Waals surface area contributed by atoms with Crippen molar-refractivity contribution in [1.82, 2.24) is 10.6 Å². The molecule has 0 radical (unpaired) electrons. The predicted molar refractivity (Wildman–Crippen MR) is 181 cm³/mol. The van der Waals surface area contributed by atoms with Crippen molar-refractivity contribution in [2.45, 2.75) is 127 Å². The van der Waals surface area contributed by atoms with Gasteiger partial charge in [-0.15, -0.1) is 0 Å². The molecule has 8 aliphatic rings. The highest BCUT2D eigenvalue weighted by Crippen LogP contribution is 2.80. The maximum atomic E-state index is 14.5. The summed E-state index contributed by atoms with van der Waals surface area (Å²) in [5.41, 5.74) is -4.50. The molecule has 5 aliphatic heterocycles. The van der Waals surface area contributed by atoms with Crippen molar-refractivity contribution in [3.8, 4) is 0 Å². The number of carbonyl (C=O) groups excluding carboxylic acids is 3. The first kappa shape index (κ1) is 35.3. The van der Waals surface area contributed by atoms with Crippen LogP contribution >= 0.6 is 0 Å². The summed E-state index contributed by atoms with van der Waals surface area (Å²) in [6.45, 7) is 9.04. The minimum Gasteiger partial charge on any atom is -0.469 e. The highest BCUT2D eigenvalue weighted by atomic mass is 16.7. The number of rotatable bonds is 7. The van der Waals surface area contributed by atoms with E-state index in [1.807, 2.05) is 33.8 Å². The number of esters is 2. The van der Waals surface area contributed by atoms with Crippen LogP contribution in [0, 0.1) is 45.8 Å². The van der Waals surface area contributed by atoms with Crippen LogP contribution in [0.25, 0.3) is 0 Å². The van der Waals surface area contributed by atoms with Gasteiger partial charge in [-0.05, 0) is 82.1 Å². The highest BCUT2D eigenvalue weighted by molar-refractivity contribution is 5.92. The number of nitrogens with one attached hydrogen (secondary N) is 2. The molecule has 286 valence electrons. The van der Waals surface area contributed by atoms with Gasteiger partial charge in [-0.2, -0.15) is 0 Å². The van der Waals surface area contributed by atoms with Crippen LogP contribution < -0.4 is 10.6 Å². The monoisotopic (exact) mass is 726 g/mol. The van der Waals surface area contributed by atoms with Gasteiger partial charge in [-0.25, -0.2) is 4.79 Å². The average Bonchev–Trinajstić information content (AvgIpc) is 3.37. The van der Waals surface area contributed by atoms with Gasteiger partial charge in [0.25, 0.3) is 0 Å². The fourth-order valence-corrected chi connectivity index (χ4v) is 13.6. The lowest BCUT2D eigenvalue weighted by Crippen LogP contribution is -2.76. The fraction of sp³-hybridized carbons (Fsp3) is 0.821. The number of fused-ring (bicyclic) bond motifs is 1. The minimum atomic E-state index is -1.46. The molecule has 9 rings (SSSR count). The van der Waals surface area contributed by atoms with E-state index >= 15 is 0 Å². The summed E-state index contributed by atoms with van der Waals surface area (Å²) in [4.78, 5) is 41.1. The Morgan fingerprint density at radius 1 is 1.02 bits per heavy atom.